The maximum atomic E-state index is 13.4. The highest BCUT2D eigenvalue weighted by Crippen LogP contribution is 2.24. The summed E-state index contributed by atoms with van der Waals surface area (Å²) < 4.78 is 14.2. The fourth-order valence-electron chi connectivity index (χ4n) is 1.17. The van der Waals surface area contributed by atoms with Crippen molar-refractivity contribution in [1.82, 2.24) is 9.97 Å². The number of aromatic nitrogens is 2. The average Bonchev–Trinajstić information content (AvgIpc) is 2.23. The normalized spacial score (nSPS) is 10.3. The molecule has 0 amide bonds. The number of anilines is 1. The SMILES string of the molecule is Nc1cnc(-c2cc(Br)ccc2F)cn1. The molecule has 1 heterocycles. The van der Waals surface area contributed by atoms with Gasteiger partial charge in [-0.15, -0.1) is 0 Å². The van der Waals surface area contributed by atoms with Crippen molar-refractivity contribution in [3.05, 3.63) is 40.9 Å². The van der Waals surface area contributed by atoms with Crippen molar-refractivity contribution in [2.45, 2.75) is 0 Å². The van der Waals surface area contributed by atoms with Crippen LogP contribution in [0, 0.1) is 5.82 Å². The molecule has 0 saturated carbocycles. The van der Waals surface area contributed by atoms with Gasteiger partial charge in [-0.05, 0) is 18.2 Å². The van der Waals surface area contributed by atoms with Gasteiger partial charge in [0.2, 0.25) is 0 Å². The Morgan fingerprint density at radius 1 is 1.20 bits per heavy atom. The summed E-state index contributed by atoms with van der Waals surface area (Å²) >= 11 is 3.27. The molecule has 0 spiro atoms. The van der Waals surface area contributed by atoms with Crippen molar-refractivity contribution >= 4 is 21.7 Å². The van der Waals surface area contributed by atoms with Crippen LogP contribution in [-0.2, 0) is 0 Å². The Hall–Kier alpha value is -1.49. The van der Waals surface area contributed by atoms with Crippen molar-refractivity contribution in [2.24, 2.45) is 0 Å². The van der Waals surface area contributed by atoms with Crippen LogP contribution in [0.5, 0.6) is 0 Å². The van der Waals surface area contributed by atoms with E-state index >= 15 is 0 Å². The fourth-order valence-corrected chi connectivity index (χ4v) is 1.53. The number of hydrogen-bond donors (Lipinski definition) is 1. The van der Waals surface area contributed by atoms with Crippen molar-refractivity contribution in [1.29, 1.82) is 0 Å². The summed E-state index contributed by atoms with van der Waals surface area (Å²) in [5, 5.41) is 0. The van der Waals surface area contributed by atoms with Crippen molar-refractivity contribution < 1.29 is 4.39 Å². The Labute approximate surface area is 94.3 Å². The van der Waals surface area contributed by atoms with Gasteiger partial charge in [0.05, 0.1) is 18.1 Å². The summed E-state index contributed by atoms with van der Waals surface area (Å²) in [6.07, 6.45) is 2.84. The average molecular weight is 268 g/mol. The second kappa shape index (κ2) is 3.94. The molecule has 1 aromatic carbocycles. The third kappa shape index (κ3) is 2.12. The standard InChI is InChI=1S/C10H7BrFN3/c11-6-1-2-8(12)7(3-6)9-4-15-10(13)5-14-9/h1-5H,(H2,13,15). The molecule has 76 valence electrons. The summed E-state index contributed by atoms with van der Waals surface area (Å²) in [6.45, 7) is 0. The number of nitrogen functional groups attached to an aromatic ring is 1. The van der Waals surface area contributed by atoms with Gasteiger partial charge in [0, 0.05) is 10.0 Å². The number of rotatable bonds is 1. The number of halogens is 2. The minimum Gasteiger partial charge on any atom is -0.382 e. The Balaban J connectivity index is 2.53. The largest absolute Gasteiger partial charge is 0.382 e. The lowest BCUT2D eigenvalue weighted by atomic mass is 10.1. The van der Waals surface area contributed by atoms with E-state index in [1.54, 1.807) is 12.1 Å². The van der Waals surface area contributed by atoms with Crippen LogP contribution in [0.3, 0.4) is 0 Å². The zero-order valence-corrected chi connectivity index (χ0v) is 9.20. The molecule has 5 heteroatoms. The van der Waals surface area contributed by atoms with Crippen molar-refractivity contribution in [3.63, 3.8) is 0 Å². The van der Waals surface area contributed by atoms with E-state index in [0.717, 1.165) is 4.47 Å². The number of hydrogen-bond acceptors (Lipinski definition) is 3. The van der Waals surface area contributed by atoms with Crippen LogP contribution in [0.2, 0.25) is 0 Å². The van der Waals surface area contributed by atoms with E-state index in [0.29, 0.717) is 17.1 Å². The number of benzene rings is 1. The lowest BCUT2D eigenvalue weighted by Crippen LogP contribution is -1.94. The molecule has 3 nitrogen and oxygen atoms in total. The third-order valence-corrected chi connectivity index (χ3v) is 2.37. The number of nitrogens with two attached hydrogens (primary N) is 1. The highest BCUT2D eigenvalue weighted by atomic mass is 79.9. The van der Waals surface area contributed by atoms with Gasteiger partial charge < -0.3 is 5.73 Å². The van der Waals surface area contributed by atoms with Gasteiger partial charge in [-0.25, -0.2) is 9.37 Å². The first-order valence-corrected chi connectivity index (χ1v) is 4.99. The Morgan fingerprint density at radius 2 is 2.00 bits per heavy atom. The predicted octanol–water partition coefficient (Wildman–Crippen LogP) is 2.63. The summed E-state index contributed by atoms with van der Waals surface area (Å²) in [6, 6.07) is 4.65. The van der Waals surface area contributed by atoms with Gasteiger partial charge in [0.1, 0.15) is 11.6 Å². The molecule has 0 aliphatic carbocycles. The quantitative estimate of drug-likeness (QED) is 0.864. The van der Waals surface area contributed by atoms with Gasteiger partial charge in [0.15, 0.2) is 0 Å². The molecular weight excluding hydrogens is 261 g/mol. The van der Waals surface area contributed by atoms with E-state index in [9.17, 15) is 4.39 Å². The van der Waals surface area contributed by atoms with Gasteiger partial charge in [0.25, 0.3) is 0 Å². The smallest absolute Gasteiger partial charge is 0.141 e. The van der Waals surface area contributed by atoms with Gasteiger partial charge in [-0.2, -0.15) is 0 Å². The minimum absolute atomic E-state index is 0.314. The first-order valence-electron chi connectivity index (χ1n) is 4.20. The predicted molar refractivity (Wildman–Crippen MR) is 59.5 cm³/mol. The second-order valence-electron chi connectivity index (χ2n) is 2.95. The van der Waals surface area contributed by atoms with E-state index in [1.807, 2.05) is 0 Å². The highest BCUT2D eigenvalue weighted by molar-refractivity contribution is 9.10. The van der Waals surface area contributed by atoms with Crippen LogP contribution in [-0.4, -0.2) is 9.97 Å². The van der Waals surface area contributed by atoms with E-state index in [2.05, 4.69) is 25.9 Å². The first-order chi connectivity index (χ1) is 7.16. The second-order valence-corrected chi connectivity index (χ2v) is 3.87. The molecule has 0 radical (unpaired) electrons. The van der Waals surface area contributed by atoms with Crippen LogP contribution < -0.4 is 5.73 Å². The maximum absolute atomic E-state index is 13.4. The Bertz CT molecular complexity index is 485. The molecule has 0 saturated heterocycles. The van der Waals surface area contributed by atoms with Crippen LogP contribution in [0.15, 0.2) is 35.1 Å². The van der Waals surface area contributed by atoms with E-state index < -0.39 is 0 Å². The molecule has 0 aliphatic heterocycles. The monoisotopic (exact) mass is 267 g/mol. The highest BCUT2D eigenvalue weighted by Gasteiger charge is 2.06. The maximum Gasteiger partial charge on any atom is 0.141 e. The zero-order valence-electron chi connectivity index (χ0n) is 7.61. The summed E-state index contributed by atoms with van der Waals surface area (Å²) in [5.74, 6) is -0.0218. The van der Waals surface area contributed by atoms with E-state index in [1.165, 1.54) is 18.5 Å². The molecule has 2 aromatic rings. The third-order valence-electron chi connectivity index (χ3n) is 1.88. The van der Waals surface area contributed by atoms with Crippen LogP contribution in [0.1, 0.15) is 0 Å². The van der Waals surface area contributed by atoms with E-state index in [4.69, 9.17) is 5.73 Å². The lowest BCUT2D eigenvalue weighted by Gasteiger charge is -2.02. The summed E-state index contributed by atoms with van der Waals surface area (Å²) in [5.41, 5.74) is 6.26. The zero-order chi connectivity index (χ0) is 10.8. The van der Waals surface area contributed by atoms with Gasteiger partial charge in [-0.3, -0.25) is 4.98 Å². The Kier molecular flexibility index (Phi) is 2.64. The van der Waals surface area contributed by atoms with Crippen LogP contribution >= 0.6 is 15.9 Å². The molecule has 2 rings (SSSR count). The lowest BCUT2D eigenvalue weighted by molar-refractivity contribution is 0.630. The van der Waals surface area contributed by atoms with Crippen molar-refractivity contribution in [3.8, 4) is 11.3 Å². The van der Waals surface area contributed by atoms with Crippen LogP contribution in [0.4, 0.5) is 10.2 Å². The minimum atomic E-state index is -0.336. The van der Waals surface area contributed by atoms with E-state index in [-0.39, 0.29) is 5.82 Å². The van der Waals surface area contributed by atoms with Gasteiger partial charge in [-0.1, -0.05) is 15.9 Å². The molecule has 0 fully saturated rings. The molecule has 2 N–H and O–H groups in total. The molecule has 0 unspecified atom stereocenters. The fraction of sp³-hybridized carbons (Fsp3) is 0. The molecule has 1 aromatic heterocycles. The molecule has 0 atom stereocenters. The van der Waals surface area contributed by atoms with Crippen molar-refractivity contribution in [2.75, 3.05) is 5.73 Å². The molecule has 15 heavy (non-hydrogen) atoms. The first kappa shape index (κ1) is 10.0. The molecule has 0 aliphatic rings. The molecule has 0 bridgehead atoms. The molecular formula is C10H7BrFN3. The number of nitrogens with zero attached hydrogens (tertiary/aromatic N) is 2. The van der Waals surface area contributed by atoms with Crippen LogP contribution in [0.25, 0.3) is 11.3 Å². The summed E-state index contributed by atoms with van der Waals surface area (Å²) in [4.78, 5) is 7.86. The Morgan fingerprint density at radius 3 is 2.67 bits per heavy atom. The topological polar surface area (TPSA) is 51.8 Å². The van der Waals surface area contributed by atoms with Gasteiger partial charge >= 0.3 is 0 Å². The summed E-state index contributed by atoms with van der Waals surface area (Å²) in [7, 11) is 0.